The van der Waals surface area contributed by atoms with Crippen molar-refractivity contribution in [3.8, 4) is 6.07 Å². The normalized spacial score (nSPS) is 10.9. The molecule has 25 heavy (non-hydrogen) atoms. The van der Waals surface area contributed by atoms with Crippen molar-refractivity contribution in [1.29, 1.82) is 5.26 Å². The number of thiophene rings is 1. The second kappa shape index (κ2) is 6.75. The molecular formula is C19H14N2O3S. The fraction of sp³-hybridized carbons (Fsp3) is 0.105. The van der Waals surface area contributed by atoms with Crippen LogP contribution < -0.4 is 10.7 Å². The molecule has 5 nitrogen and oxygen atoms in total. The van der Waals surface area contributed by atoms with E-state index in [4.69, 9.17) is 4.42 Å². The van der Waals surface area contributed by atoms with E-state index >= 15 is 0 Å². The van der Waals surface area contributed by atoms with Gasteiger partial charge in [-0.25, -0.2) is 0 Å². The first-order chi connectivity index (χ1) is 12.0. The maximum absolute atomic E-state index is 12.4. The van der Waals surface area contributed by atoms with Crippen LogP contribution in [0.5, 0.6) is 0 Å². The van der Waals surface area contributed by atoms with Gasteiger partial charge >= 0.3 is 0 Å². The fourth-order valence-electron chi connectivity index (χ4n) is 2.38. The lowest BCUT2D eigenvalue weighted by molar-refractivity contribution is -0.111. The fourth-order valence-corrected chi connectivity index (χ4v) is 3.39. The first-order valence-electron chi connectivity index (χ1n) is 7.51. The highest BCUT2D eigenvalue weighted by Crippen LogP contribution is 2.31. The van der Waals surface area contributed by atoms with Gasteiger partial charge in [0.2, 0.25) is 5.91 Å². The highest BCUT2D eigenvalue weighted by Gasteiger charge is 2.13. The second-order valence-electron chi connectivity index (χ2n) is 5.44. The minimum atomic E-state index is -0.412. The van der Waals surface area contributed by atoms with E-state index in [0.29, 0.717) is 21.5 Å². The largest absolute Gasteiger partial charge is 0.463 e. The number of rotatable bonds is 3. The van der Waals surface area contributed by atoms with Crippen molar-refractivity contribution in [3.05, 3.63) is 68.4 Å². The molecule has 0 spiro atoms. The number of nitrogens with one attached hydrogen (secondary N) is 1. The Labute approximate surface area is 147 Å². The summed E-state index contributed by atoms with van der Waals surface area (Å²) in [6, 6.07) is 9.02. The van der Waals surface area contributed by atoms with Gasteiger partial charge in [0.25, 0.3) is 0 Å². The lowest BCUT2D eigenvalue weighted by Crippen LogP contribution is -2.09. The monoisotopic (exact) mass is 350 g/mol. The summed E-state index contributed by atoms with van der Waals surface area (Å²) in [4.78, 5) is 25.5. The smallest absolute Gasteiger partial charge is 0.249 e. The van der Waals surface area contributed by atoms with Crippen LogP contribution in [0.4, 0.5) is 5.00 Å². The number of anilines is 1. The number of hydrogen-bond donors (Lipinski definition) is 1. The predicted octanol–water partition coefficient (Wildman–Crippen LogP) is 3.99. The first-order valence-corrected chi connectivity index (χ1v) is 8.32. The van der Waals surface area contributed by atoms with Gasteiger partial charge in [-0.05, 0) is 37.6 Å². The number of hydrogen-bond acceptors (Lipinski definition) is 5. The Hall–Kier alpha value is -3.17. The van der Waals surface area contributed by atoms with Gasteiger partial charge in [-0.15, -0.1) is 11.3 Å². The summed E-state index contributed by atoms with van der Waals surface area (Å²) in [7, 11) is 0. The third-order valence-corrected chi connectivity index (χ3v) is 4.98. The van der Waals surface area contributed by atoms with E-state index in [0.717, 1.165) is 10.4 Å². The molecule has 0 aliphatic heterocycles. The minimum absolute atomic E-state index is 0.202. The van der Waals surface area contributed by atoms with Crippen molar-refractivity contribution in [2.24, 2.45) is 0 Å². The zero-order chi connectivity index (χ0) is 18.0. The molecule has 3 aromatic rings. The Kier molecular flexibility index (Phi) is 4.50. The Balaban J connectivity index is 1.84. The van der Waals surface area contributed by atoms with Gasteiger partial charge in [0.1, 0.15) is 22.9 Å². The van der Waals surface area contributed by atoms with E-state index in [9.17, 15) is 14.9 Å². The van der Waals surface area contributed by atoms with Gasteiger partial charge in [-0.1, -0.05) is 12.1 Å². The zero-order valence-electron chi connectivity index (χ0n) is 13.6. The van der Waals surface area contributed by atoms with Gasteiger partial charge in [0.15, 0.2) is 5.43 Å². The lowest BCUT2D eigenvalue weighted by Gasteiger charge is -2.00. The number of nitriles is 1. The van der Waals surface area contributed by atoms with Crippen LogP contribution in [0.3, 0.4) is 0 Å². The van der Waals surface area contributed by atoms with Crippen LogP contribution >= 0.6 is 11.3 Å². The molecule has 2 aromatic heterocycles. The quantitative estimate of drug-likeness (QED) is 0.724. The number of carbonyl (C=O) groups excluding carboxylic acids is 1. The van der Waals surface area contributed by atoms with Crippen molar-refractivity contribution < 1.29 is 9.21 Å². The van der Waals surface area contributed by atoms with Crippen molar-refractivity contribution in [2.75, 3.05) is 5.32 Å². The van der Waals surface area contributed by atoms with Crippen molar-refractivity contribution in [3.63, 3.8) is 0 Å². The molecule has 1 amide bonds. The highest BCUT2D eigenvalue weighted by atomic mass is 32.1. The molecule has 0 aliphatic rings. The number of para-hydroxylation sites is 1. The van der Waals surface area contributed by atoms with Crippen molar-refractivity contribution >= 4 is 39.3 Å². The Morgan fingerprint density at radius 1 is 1.32 bits per heavy atom. The zero-order valence-corrected chi connectivity index (χ0v) is 14.4. The maximum atomic E-state index is 12.4. The van der Waals surface area contributed by atoms with Gasteiger partial charge in [-0.3, -0.25) is 9.59 Å². The molecule has 0 unspecified atom stereocenters. The number of aryl methyl sites for hydroxylation is 1. The molecule has 0 aliphatic carbocycles. The Bertz CT molecular complexity index is 1100. The standard InChI is InChI=1S/C19H14N2O3S/c1-11-12(2)25-19(15(11)9-20)21-17(22)8-7-13-10-24-16-6-4-3-5-14(16)18(13)23/h3-8,10H,1-2H3,(H,21,22)/b8-7+. The summed E-state index contributed by atoms with van der Waals surface area (Å²) >= 11 is 1.35. The molecule has 1 aromatic carbocycles. The average molecular weight is 350 g/mol. The predicted molar refractivity (Wildman–Crippen MR) is 98.7 cm³/mol. The van der Waals surface area contributed by atoms with Gasteiger partial charge < -0.3 is 9.73 Å². The summed E-state index contributed by atoms with van der Waals surface area (Å²) < 4.78 is 5.41. The molecule has 2 heterocycles. The molecule has 1 N–H and O–H groups in total. The number of nitrogens with zero attached hydrogens (tertiary/aromatic N) is 1. The summed E-state index contributed by atoms with van der Waals surface area (Å²) in [6.45, 7) is 3.74. The van der Waals surface area contributed by atoms with Gasteiger partial charge in [0, 0.05) is 11.0 Å². The van der Waals surface area contributed by atoms with Crippen LogP contribution in [0.1, 0.15) is 21.6 Å². The molecule has 3 rings (SSSR count). The summed E-state index contributed by atoms with van der Waals surface area (Å²) in [5, 5.41) is 12.9. The van der Waals surface area contributed by atoms with Crippen LogP contribution in [0.2, 0.25) is 0 Å². The maximum Gasteiger partial charge on any atom is 0.249 e. The third kappa shape index (κ3) is 3.23. The van der Waals surface area contributed by atoms with E-state index in [2.05, 4.69) is 11.4 Å². The van der Waals surface area contributed by atoms with Gasteiger partial charge in [0.05, 0.1) is 16.5 Å². The number of benzene rings is 1. The van der Waals surface area contributed by atoms with Gasteiger partial charge in [-0.2, -0.15) is 5.26 Å². The lowest BCUT2D eigenvalue weighted by atomic mass is 10.1. The second-order valence-corrected chi connectivity index (χ2v) is 6.66. The molecule has 0 bridgehead atoms. The van der Waals surface area contributed by atoms with E-state index in [-0.39, 0.29) is 11.0 Å². The Morgan fingerprint density at radius 2 is 2.08 bits per heavy atom. The molecule has 6 heteroatoms. The third-order valence-electron chi connectivity index (χ3n) is 3.85. The summed E-state index contributed by atoms with van der Waals surface area (Å²) in [6.07, 6.45) is 3.99. The Morgan fingerprint density at radius 3 is 2.84 bits per heavy atom. The number of amides is 1. The number of fused-ring (bicyclic) bond motifs is 1. The van der Waals surface area contributed by atoms with Crippen LogP contribution in [0, 0.1) is 25.2 Å². The SMILES string of the molecule is Cc1sc(NC(=O)/C=C/c2coc3ccccc3c2=O)c(C#N)c1C. The van der Waals surface area contributed by atoms with E-state index in [1.165, 1.54) is 29.8 Å². The van der Waals surface area contributed by atoms with E-state index in [1.54, 1.807) is 24.3 Å². The van der Waals surface area contributed by atoms with Crippen LogP contribution in [0.15, 0.2) is 45.8 Å². The molecule has 0 fully saturated rings. The molecular weight excluding hydrogens is 336 g/mol. The molecule has 124 valence electrons. The van der Waals surface area contributed by atoms with Crippen LogP contribution in [-0.4, -0.2) is 5.91 Å². The molecule has 0 saturated heterocycles. The summed E-state index contributed by atoms with van der Waals surface area (Å²) in [5.74, 6) is -0.412. The van der Waals surface area contributed by atoms with Crippen LogP contribution in [0.25, 0.3) is 17.0 Å². The summed E-state index contributed by atoms with van der Waals surface area (Å²) in [5.41, 5.74) is 1.91. The first kappa shape index (κ1) is 16.7. The van der Waals surface area contributed by atoms with Crippen molar-refractivity contribution in [1.82, 2.24) is 0 Å². The minimum Gasteiger partial charge on any atom is -0.463 e. The van der Waals surface area contributed by atoms with E-state index in [1.807, 2.05) is 13.8 Å². The van der Waals surface area contributed by atoms with E-state index < -0.39 is 5.91 Å². The topological polar surface area (TPSA) is 83.1 Å². The highest BCUT2D eigenvalue weighted by molar-refractivity contribution is 7.16. The van der Waals surface area contributed by atoms with Crippen LogP contribution in [-0.2, 0) is 4.79 Å². The van der Waals surface area contributed by atoms with Crippen molar-refractivity contribution in [2.45, 2.75) is 13.8 Å². The average Bonchev–Trinajstić information content (AvgIpc) is 2.87. The molecule has 0 atom stereocenters. The number of carbonyl (C=O) groups is 1. The molecule has 0 saturated carbocycles. The molecule has 0 radical (unpaired) electrons.